The Hall–Kier alpha value is -1.53. The number of ether oxygens (including phenoxy) is 1. The number of aliphatic hydroxyl groups excluding tert-OH is 1. The third-order valence-corrected chi connectivity index (χ3v) is 4.32. The smallest absolute Gasteiger partial charge is 0.191 e. The molecule has 6 heteroatoms. The lowest BCUT2D eigenvalue weighted by molar-refractivity contribution is 0.131. The largest absolute Gasteiger partial charge is 0.469 e. The first-order valence-corrected chi connectivity index (χ1v) is 8.87. The Morgan fingerprint density at radius 3 is 2.92 bits per heavy atom. The molecule has 1 aliphatic heterocycles. The van der Waals surface area contributed by atoms with Gasteiger partial charge >= 0.3 is 0 Å². The molecule has 136 valence electrons. The molecule has 0 bridgehead atoms. The van der Waals surface area contributed by atoms with E-state index in [1.54, 1.807) is 6.26 Å². The van der Waals surface area contributed by atoms with Crippen LogP contribution in [0.2, 0.25) is 0 Å². The molecule has 0 spiro atoms. The zero-order valence-corrected chi connectivity index (χ0v) is 14.9. The Morgan fingerprint density at radius 1 is 1.42 bits per heavy atom. The molecular weight excluding hydrogens is 306 g/mol. The van der Waals surface area contributed by atoms with E-state index in [-0.39, 0.29) is 12.0 Å². The normalized spacial score (nSPS) is 21.4. The number of hydrogen-bond donors (Lipinski definition) is 3. The van der Waals surface area contributed by atoms with Gasteiger partial charge < -0.3 is 24.9 Å². The van der Waals surface area contributed by atoms with Crippen molar-refractivity contribution in [2.24, 2.45) is 16.3 Å². The number of nitrogens with zero attached hydrogens (tertiary/aromatic N) is 1. The quantitative estimate of drug-likeness (QED) is 0.473. The molecule has 0 aromatic carbocycles. The Balaban J connectivity index is 1.90. The summed E-state index contributed by atoms with van der Waals surface area (Å²) in [7, 11) is 0. The van der Waals surface area contributed by atoms with Crippen LogP contribution in [0.3, 0.4) is 0 Å². The van der Waals surface area contributed by atoms with Gasteiger partial charge in [-0.3, -0.25) is 4.99 Å². The lowest BCUT2D eigenvalue weighted by atomic mass is 9.84. The molecular formula is C18H31N3O3. The van der Waals surface area contributed by atoms with Gasteiger partial charge in [0.2, 0.25) is 0 Å². The van der Waals surface area contributed by atoms with Crippen molar-refractivity contribution in [2.45, 2.75) is 33.1 Å². The highest BCUT2D eigenvalue weighted by molar-refractivity contribution is 5.79. The molecule has 1 atom stereocenters. The molecule has 6 nitrogen and oxygen atoms in total. The number of aliphatic hydroxyl groups is 1. The van der Waals surface area contributed by atoms with Crippen LogP contribution in [0, 0.1) is 11.3 Å². The summed E-state index contributed by atoms with van der Waals surface area (Å²) >= 11 is 0. The molecule has 2 rings (SSSR count). The molecule has 1 aliphatic rings. The van der Waals surface area contributed by atoms with Crippen molar-refractivity contribution in [3.8, 4) is 0 Å². The van der Waals surface area contributed by atoms with E-state index in [9.17, 15) is 5.11 Å². The topological polar surface area (TPSA) is 79.0 Å². The average molecular weight is 337 g/mol. The zero-order valence-electron chi connectivity index (χ0n) is 14.9. The van der Waals surface area contributed by atoms with Crippen molar-refractivity contribution < 1.29 is 14.3 Å². The maximum atomic E-state index is 9.33. The van der Waals surface area contributed by atoms with E-state index >= 15 is 0 Å². The minimum Gasteiger partial charge on any atom is -0.469 e. The first kappa shape index (κ1) is 18.8. The van der Waals surface area contributed by atoms with Crippen LogP contribution < -0.4 is 10.6 Å². The number of aliphatic imine (C=N–C) groups is 1. The second-order valence-electron chi connectivity index (χ2n) is 6.97. The highest BCUT2D eigenvalue weighted by Crippen LogP contribution is 2.32. The van der Waals surface area contributed by atoms with Gasteiger partial charge in [0.25, 0.3) is 0 Å². The molecule has 0 saturated carbocycles. The van der Waals surface area contributed by atoms with Crippen LogP contribution in [-0.4, -0.2) is 50.5 Å². The fourth-order valence-electron chi connectivity index (χ4n) is 2.77. The van der Waals surface area contributed by atoms with E-state index < -0.39 is 0 Å². The first-order chi connectivity index (χ1) is 11.6. The first-order valence-electron chi connectivity index (χ1n) is 8.87. The van der Waals surface area contributed by atoms with Crippen LogP contribution in [0.5, 0.6) is 0 Å². The Morgan fingerprint density at radius 2 is 2.29 bits per heavy atom. The van der Waals surface area contributed by atoms with Crippen LogP contribution in [-0.2, 0) is 11.2 Å². The van der Waals surface area contributed by atoms with Gasteiger partial charge in [0.05, 0.1) is 19.4 Å². The van der Waals surface area contributed by atoms with Crippen LogP contribution in [0.1, 0.15) is 32.4 Å². The van der Waals surface area contributed by atoms with Crippen LogP contribution >= 0.6 is 0 Å². The van der Waals surface area contributed by atoms with E-state index in [0.29, 0.717) is 19.1 Å². The molecule has 0 amide bonds. The minimum atomic E-state index is -0.0256. The number of hydrogen-bond acceptors (Lipinski definition) is 4. The van der Waals surface area contributed by atoms with Crippen molar-refractivity contribution in [2.75, 3.05) is 39.5 Å². The highest BCUT2D eigenvalue weighted by atomic mass is 16.5. The van der Waals surface area contributed by atoms with Crippen molar-refractivity contribution in [1.29, 1.82) is 0 Å². The average Bonchev–Trinajstić information content (AvgIpc) is 3.22. The molecule has 24 heavy (non-hydrogen) atoms. The molecule has 1 unspecified atom stereocenters. The number of nitrogens with one attached hydrogen (secondary N) is 2. The molecule has 1 aromatic rings. The lowest BCUT2D eigenvalue weighted by Crippen LogP contribution is -2.41. The van der Waals surface area contributed by atoms with Gasteiger partial charge in [-0.15, -0.1) is 0 Å². The molecule has 0 radical (unpaired) electrons. The second kappa shape index (κ2) is 9.69. The molecule has 2 heterocycles. The van der Waals surface area contributed by atoms with Gasteiger partial charge in [-0.1, -0.05) is 13.8 Å². The van der Waals surface area contributed by atoms with Crippen LogP contribution in [0.15, 0.2) is 27.8 Å². The summed E-state index contributed by atoms with van der Waals surface area (Å²) in [6.45, 7) is 8.27. The molecule has 1 saturated heterocycles. The van der Waals surface area contributed by atoms with Gasteiger partial charge in [0.15, 0.2) is 5.96 Å². The summed E-state index contributed by atoms with van der Waals surface area (Å²) in [5.41, 5.74) is -0.0256. The third kappa shape index (κ3) is 6.17. The van der Waals surface area contributed by atoms with Crippen molar-refractivity contribution in [1.82, 2.24) is 10.6 Å². The summed E-state index contributed by atoms with van der Waals surface area (Å²) in [6.07, 6.45) is 4.21. The standard InChI is InChI=1S/C18H31N3O3/c1-15(2)12-20-17(19-8-5-16-4-3-10-24-16)21-13-18(6-9-22)7-11-23-14-18/h3-4,10,15,22H,5-9,11-14H2,1-2H3,(H2,19,20,21). The summed E-state index contributed by atoms with van der Waals surface area (Å²) in [4.78, 5) is 4.76. The van der Waals surface area contributed by atoms with Crippen molar-refractivity contribution >= 4 is 5.96 Å². The SMILES string of the molecule is CC(C)CNC(=NCC1(CCO)CCOC1)NCCc1ccco1. The van der Waals surface area contributed by atoms with Gasteiger partial charge in [-0.05, 0) is 30.9 Å². The maximum absolute atomic E-state index is 9.33. The minimum absolute atomic E-state index is 0.0256. The number of guanidine groups is 1. The predicted molar refractivity (Wildman–Crippen MR) is 95.1 cm³/mol. The summed E-state index contributed by atoms with van der Waals surface area (Å²) in [6, 6.07) is 3.88. The van der Waals surface area contributed by atoms with Crippen LogP contribution in [0.25, 0.3) is 0 Å². The number of rotatable bonds is 9. The summed E-state index contributed by atoms with van der Waals surface area (Å²) < 4.78 is 10.9. The van der Waals surface area contributed by atoms with E-state index in [4.69, 9.17) is 14.1 Å². The fraction of sp³-hybridized carbons (Fsp3) is 0.722. The van der Waals surface area contributed by atoms with Crippen LogP contribution in [0.4, 0.5) is 0 Å². The molecule has 0 aliphatic carbocycles. The van der Waals surface area contributed by atoms with Gasteiger partial charge in [0.1, 0.15) is 5.76 Å². The number of furan rings is 1. The third-order valence-electron chi connectivity index (χ3n) is 4.32. The second-order valence-corrected chi connectivity index (χ2v) is 6.97. The summed E-state index contributed by atoms with van der Waals surface area (Å²) in [5, 5.41) is 16.1. The highest BCUT2D eigenvalue weighted by Gasteiger charge is 2.34. The molecule has 1 fully saturated rings. The van der Waals surface area contributed by atoms with Crippen molar-refractivity contribution in [3.63, 3.8) is 0 Å². The maximum Gasteiger partial charge on any atom is 0.191 e. The Labute approximate surface area is 144 Å². The van der Waals surface area contributed by atoms with Crippen molar-refractivity contribution in [3.05, 3.63) is 24.2 Å². The predicted octanol–water partition coefficient (Wildman–Crippen LogP) is 1.80. The van der Waals surface area contributed by atoms with E-state index in [0.717, 1.165) is 50.7 Å². The van der Waals surface area contributed by atoms with E-state index in [2.05, 4.69) is 24.5 Å². The van der Waals surface area contributed by atoms with Gasteiger partial charge in [0, 0.05) is 38.1 Å². The zero-order chi connectivity index (χ0) is 17.3. The Kier molecular flexibility index (Phi) is 7.59. The monoisotopic (exact) mass is 337 g/mol. The molecule has 1 aromatic heterocycles. The lowest BCUT2D eigenvalue weighted by Gasteiger charge is -2.25. The van der Waals surface area contributed by atoms with E-state index in [1.807, 2.05) is 12.1 Å². The van der Waals surface area contributed by atoms with Gasteiger partial charge in [-0.25, -0.2) is 0 Å². The van der Waals surface area contributed by atoms with E-state index in [1.165, 1.54) is 0 Å². The Bertz CT molecular complexity index is 480. The summed E-state index contributed by atoms with van der Waals surface area (Å²) in [5.74, 6) is 2.33. The van der Waals surface area contributed by atoms with Gasteiger partial charge in [-0.2, -0.15) is 0 Å². The fourth-order valence-corrected chi connectivity index (χ4v) is 2.77. The molecule has 3 N–H and O–H groups in total.